The molecule has 6 nitrogen and oxygen atoms in total. The Morgan fingerprint density at radius 1 is 1.03 bits per heavy atom. The van der Waals surface area contributed by atoms with E-state index in [1.165, 1.54) is 18.2 Å². The molecule has 37 heavy (non-hydrogen) atoms. The number of rotatable bonds is 9. The topological polar surface area (TPSA) is 82.8 Å². The second-order valence-electron chi connectivity index (χ2n) is 8.65. The van der Waals surface area contributed by atoms with E-state index in [-0.39, 0.29) is 17.1 Å². The lowest BCUT2D eigenvalue weighted by Crippen LogP contribution is -2.32. The summed E-state index contributed by atoms with van der Waals surface area (Å²) in [6, 6.07) is 9.19. The highest BCUT2D eigenvalue weighted by Gasteiger charge is 2.67. The Balaban J connectivity index is 1.32. The maximum absolute atomic E-state index is 12.9. The van der Waals surface area contributed by atoms with Gasteiger partial charge in [0.15, 0.2) is 0 Å². The highest BCUT2D eigenvalue weighted by atomic mass is 35.5. The van der Waals surface area contributed by atoms with Crippen LogP contribution in [0.3, 0.4) is 0 Å². The first-order valence-corrected chi connectivity index (χ1v) is 12.8. The first kappa shape index (κ1) is 28.5. The molecule has 14 heteroatoms. The van der Waals surface area contributed by atoms with Gasteiger partial charge in [0.1, 0.15) is 16.7 Å². The highest BCUT2D eigenvalue weighted by molar-refractivity contribution is 6.53. The Labute approximate surface area is 235 Å². The normalized spacial score (nSPS) is 23.9. The molecule has 2 amide bonds. The number of anilines is 1. The minimum Gasteiger partial charge on any atom is -0.353 e. The molecule has 2 aromatic rings. The van der Waals surface area contributed by atoms with Crippen LogP contribution in [0.2, 0.25) is 15.1 Å². The van der Waals surface area contributed by atoms with Crippen LogP contribution in [-0.2, 0) is 9.53 Å². The van der Waals surface area contributed by atoms with Crippen LogP contribution in [-0.4, -0.2) is 47.7 Å². The predicted molar refractivity (Wildman–Crippen MR) is 137 cm³/mol. The third-order valence-electron chi connectivity index (χ3n) is 5.86. The Morgan fingerprint density at radius 2 is 1.70 bits per heavy atom. The van der Waals surface area contributed by atoms with Crippen molar-refractivity contribution >= 4 is 75.5 Å². The zero-order valence-electron chi connectivity index (χ0n) is 18.6. The summed E-state index contributed by atoms with van der Waals surface area (Å²) >= 11 is 31.0. The number of carbonyl (C=O) groups excluding carboxylic acids is 2. The lowest BCUT2D eigenvalue weighted by atomic mass is 10.1. The van der Waals surface area contributed by atoms with Crippen molar-refractivity contribution in [2.45, 2.75) is 35.2 Å². The Kier molecular flexibility index (Phi) is 8.46. The fraction of sp³-hybridized carbons (Fsp3) is 0.391. The molecule has 0 aromatic heterocycles. The van der Waals surface area contributed by atoms with Crippen LogP contribution < -0.4 is 16.0 Å². The molecule has 2 fully saturated rings. The molecule has 0 spiro atoms. The molecule has 4 rings (SSSR count). The number of halogens is 8. The van der Waals surface area contributed by atoms with Gasteiger partial charge in [0.25, 0.3) is 5.91 Å². The van der Waals surface area contributed by atoms with Gasteiger partial charge in [-0.1, -0.05) is 34.8 Å². The molecule has 1 aliphatic carbocycles. The van der Waals surface area contributed by atoms with Gasteiger partial charge in [-0.25, -0.2) is 0 Å². The number of hydrogen-bond donors (Lipinski definition) is 3. The van der Waals surface area contributed by atoms with Gasteiger partial charge >= 0.3 is 6.18 Å². The third-order valence-corrected chi connectivity index (χ3v) is 7.57. The van der Waals surface area contributed by atoms with Crippen LogP contribution in [0.15, 0.2) is 36.4 Å². The lowest BCUT2D eigenvalue weighted by molar-refractivity contribution is -0.126. The van der Waals surface area contributed by atoms with Gasteiger partial charge in [0.05, 0.1) is 23.0 Å². The predicted octanol–water partition coefficient (Wildman–Crippen LogP) is 6.17. The number of alkyl halides is 5. The van der Waals surface area contributed by atoms with E-state index in [2.05, 4.69) is 16.0 Å². The Bertz CT molecular complexity index is 1190. The lowest BCUT2D eigenvalue weighted by Gasteiger charge is -2.10. The summed E-state index contributed by atoms with van der Waals surface area (Å²) in [4.78, 5) is 25.6. The van der Waals surface area contributed by atoms with Crippen molar-refractivity contribution < 1.29 is 27.5 Å². The minimum absolute atomic E-state index is 0.0971. The molecule has 200 valence electrons. The Hall–Kier alpha value is -1.46. The van der Waals surface area contributed by atoms with Crippen molar-refractivity contribution in [2.24, 2.45) is 5.92 Å². The van der Waals surface area contributed by atoms with Crippen molar-refractivity contribution in [3.05, 3.63) is 62.6 Å². The van der Waals surface area contributed by atoms with Crippen molar-refractivity contribution in [3.8, 4) is 0 Å². The van der Waals surface area contributed by atoms with E-state index in [0.29, 0.717) is 27.7 Å². The molecule has 0 radical (unpaired) electrons. The molecule has 4 unspecified atom stereocenters. The smallest absolute Gasteiger partial charge is 0.353 e. The van der Waals surface area contributed by atoms with Gasteiger partial charge in [0.2, 0.25) is 5.91 Å². The molecule has 1 saturated heterocycles. The van der Waals surface area contributed by atoms with Crippen LogP contribution in [0.25, 0.3) is 0 Å². The molecule has 1 heterocycles. The largest absolute Gasteiger partial charge is 0.401 e. The number of amides is 2. The molecule has 2 aromatic carbocycles. The summed E-state index contributed by atoms with van der Waals surface area (Å²) in [6.07, 6.45) is -5.17. The van der Waals surface area contributed by atoms with E-state index in [0.717, 1.165) is 0 Å². The quantitative estimate of drug-likeness (QED) is 0.232. The minimum atomic E-state index is -4.33. The van der Waals surface area contributed by atoms with Crippen LogP contribution in [0.4, 0.5) is 18.9 Å². The summed E-state index contributed by atoms with van der Waals surface area (Å²) in [6.45, 7) is -1.01. The SMILES string of the molecule is O=C(NCCC1OC1NCC(F)(F)F)c1cc(NC(=O)C2C(c3cc(Cl)cc(Cl)c3)C2(Cl)Cl)ccc1Cl. The van der Waals surface area contributed by atoms with Crippen LogP contribution in [0, 0.1) is 5.92 Å². The first-order chi connectivity index (χ1) is 17.3. The first-order valence-electron chi connectivity index (χ1n) is 10.9. The fourth-order valence-corrected chi connectivity index (χ4v) is 5.58. The molecule has 4 atom stereocenters. The van der Waals surface area contributed by atoms with E-state index >= 15 is 0 Å². The maximum Gasteiger partial charge on any atom is 0.401 e. The molecule has 0 bridgehead atoms. The van der Waals surface area contributed by atoms with Gasteiger partial charge in [0, 0.05) is 28.2 Å². The van der Waals surface area contributed by atoms with E-state index in [9.17, 15) is 22.8 Å². The van der Waals surface area contributed by atoms with Gasteiger partial charge in [-0.2, -0.15) is 13.2 Å². The van der Waals surface area contributed by atoms with Gasteiger partial charge in [-0.15, -0.1) is 23.2 Å². The van der Waals surface area contributed by atoms with E-state index in [4.69, 9.17) is 62.7 Å². The van der Waals surface area contributed by atoms with Crippen LogP contribution >= 0.6 is 58.0 Å². The summed E-state index contributed by atoms with van der Waals surface area (Å²) in [5.41, 5.74) is 1.01. The summed E-state index contributed by atoms with van der Waals surface area (Å²) in [5.74, 6) is -2.33. The average molecular weight is 620 g/mol. The van der Waals surface area contributed by atoms with Crippen molar-refractivity contribution in [1.82, 2.24) is 10.6 Å². The van der Waals surface area contributed by atoms with Crippen molar-refractivity contribution in [2.75, 3.05) is 18.4 Å². The zero-order chi connectivity index (χ0) is 27.1. The van der Waals surface area contributed by atoms with Crippen LogP contribution in [0.1, 0.15) is 28.3 Å². The standard InChI is InChI=1S/C23H19Cl5F3N3O3/c24-11-5-10(6-12(25)7-11)17-18(23(17,27)28)20(36)34-13-1-2-15(26)14(8-13)19(35)32-4-3-16-21(37-16)33-9-22(29,30)31/h1-2,5-8,16-18,21,33H,3-4,9H2,(H,32,35)(H,34,36). The summed E-state index contributed by atoms with van der Waals surface area (Å²) < 4.78 is 40.5. The van der Waals surface area contributed by atoms with Gasteiger partial charge < -0.3 is 15.4 Å². The third kappa shape index (κ3) is 7.15. The number of carbonyl (C=O) groups is 2. The number of nitrogens with one attached hydrogen (secondary N) is 3. The maximum atomic E-state index is 12.9. The zero-order valence-corrected chi connectivity index (χ0v) is 22.4. The van der Waals surface area contributed by atoms with Crippen molar-refractivity contribution in [3.63, 3.8) is 0 Å². The second-order valence-corrected chi connectivity index (χ2v) is 11.4. The van der Waals surface area contributed by atoms with Gasteiger partial charge in [-0.3, -0.25) is 14.9 Å². The second kappa shape index (κ2) is 11.0. The Morgan fingerprint density at radius 3 is 2.35 bits per heavy atom. The highest BCUT2D eigenvalue weighted by Crippen LogP contribution is 2.65. The molecule has 3 N–H and O–H groups in total. The number of ether oxygens (including phenoxy) is 1. The van der Waals surface area contributed by atoms with Gasteiger partial charge in [-0.05, 0) is 48.4 Å². The van der Waals surface area contributed by atoms with Crippen LogP contribution in [0.5, 0.6) is 0 Å². The van der Waals surface area contributed by atoms with Crippen molar-refractivity contribution in [1.29, 1.82) is 0 Å². The molecule has 1 saturated carbocycles. The van der Waals surface area contributed by atoms with E-state index < -0.39 is 53.0 Å². The fourth-order valence-electron chi connectivity index (χ4n) is 4.00. The number of hydrogen-bond acceptors (Lipinski definition) is 4. The van der Waals surface area contributed by atoms with E-state index in [1.54, 1.807) is 18.2 Å². The molecular weight excluding hydrogens is 601 g/mol. The molecular formula is C23H19Cl5F3N3O3. The summed E-state index contributed by atoms with van der Waals surface area (Å²) in [5, 5.41) is 8.48. The average Bonchev–Trinajstić information content (AvgIpc) is 3.66. The monoisotopic (exact) mass is 617 g/mol. The number of epoxide rings is 1. The molecule has 1 aliphatic heterocycles. The summed E-state index contributed by atoms with van der Waals surface area (Å²) in [7, 11) is 0. The molecule has 2 aliphatic rings. The number of benzene rings is 2. The van der Waals surface area contributed by atoms with E-state index in [1.807, 2.05) is 0 Å².